The van der Waals surface area contributed by atoms with Gasteiger partial charge in [0.15, 0.2) is 0 Å². The average Bonchev–Trinajstić information content (AvgIpc) is 2.50. The molecule has 1 heterocycles. The molecule has 0 spiro atoms. The zero-order valence-electron chi connectivity index (χ0n) is 9.76. The first-order chi connectivity index (χ1) is 7.77. The van der Waals surface area contributed by atoms with Gasteiger partial charge in [-0.1, -0.05) is 6.42 Å². The summed E-state index contributed by atoms with van der Waals surface area (Å²) in [6.45, 7) is 0. The molecular formula is C12H17NO2S. The minimum atomic E-state index is -0.205. The van der Waals surface area contributed by atoms with E-state index in [9.17, 15) is 4.79 Å². The number of rotatable bonds is 2. The highest BCUT2D eigenvalue weighted by atomic mass is 32.1. The van der Waals surface area contributed by atoms with Crippen LogP contribution in [-0.2, 0) is 17.6 Å². The summed E-state index contributed by atoms with van der Waals surface area (Å²) in [5, 5.41) is 4.06. The summed E-state index contributed by atoms with van der Waals surface area (Å²) in [4.78, 5) is 13.1. The maximum atomic E-state index is 11.8. The van der Waals surface area contributed by atoms with Gasteiger partial charge in [-0.05, 0) is 31.2 Å². The number of aryl methyl sites for hydroxylation is 1. The van der Waals surface area contributed by atoms with Crippen LogP contribution < -0.4 is 5.32 Å². The number of carbonyl (C=O) groups excluding carboxylic acids is 1. The Morgan fingerprint density at radius 2 is 2.06 bits per heavy atom. The Bertz CT molecular complexity index is 398. The lowest BCUT2D eigenvalue weighted by Crippen LogP contribution is -2.06. The van der Waals surface area contributed by atoms with Crippen molar-refractivity contribution in [3.8, 4) is 0 Å². The molecule has 16 heavy (non-hydrogen) atoms. The Labute approximate surface area is 99.8 Å². The first-order valence-corrected chi connectivity index (χ1v) is 6.50. The fourth-order valence-electron chi connectivity index (χ4n) is 2.24. The molecule has 1 aromatic heterocycles. The van der Waals surface area contributed by atoms with Gasteiger partial charge >= 0.3 is 5.97 Å². The number of fused-ring (bicyclic) bond motifs is 1. The van der Waals surface area contributed by atoms with E-state index in [1.54, 1.807) is 11.3 Å². The normalized spacial score (nSPS) is 15.1. The summed E-state index contributed by atoms with van der Waals surface area (Å²) in [6, 6.07) is 0. The Morgan fingerprint density at radius 3 is 2.75 bits per heavy atom. The summed E-state index contributed by atoms with van der Waals surface area (Å²) < 4.78 is 4.87. The predicted octanol–water partition coefficient (Wildman–Crippen LogP) is 2.85. The standard InChI is InChI=1S/C12H17NO2S/c1-13-11-10(12(14)15-2)8-6-4-3-5-7-9(8)16-11/h13H,3-7H2,1-2H3. The van der Waals surface area contributed by atoms with Crippen molar-refractivity contribution in [3.63, 3.8) is 0 Å². The van der Waals surface area contributed by atoms with Gasteiger partial charge in [0.2, 0.25) is 0 Å². The zero-order chi connectivity index (χ0) is 11.5. The SMILES string of the molecule is CNc1sc2c(c1C(=O)OC)CCCCC2. The molecule has 1 N–H and O–H groups in total. The van der Waals surface area contributed by atoms with Gasteiger partial charge in [-0.3, -0.25) is 0 Å². The van der Waals surface area contributed by atoms with Gasteiger partial charge in [0.25, 0.3) is 0 Å². The number of hydrogen-bond acceptors (Lipinski definition) is 4. The van der Waals surface area contributed by atoms with E-state index >= 15 is 0 Å². The smallest absolute Gasteiger partial charge is 0.341 e. The number of hydrogen-bond donors (Lipinski definition) is 1. The molecule has 0 bridgehead atoms. The maximum absolute atomic E-state index is 11.8. The lowest BCUT2D eigenvalue weighted by atomic mass is 10.1. The summed E-state index contributed by atoms with van der Waals surface area (Å²) in [6.07, 6.45) is 5.79. The van der Waals surface area contributed by atoms with E-state index in [4.69, 9.17) is 4.74 Å². The molecule has 1 aromatic rings. The molecule has 0 aliphatic heterocycles. The van der Waals surface area contributed by atoms with Crippen molar-refractivity contribution in [2.45, 2.75) is 32.1 Å². The third kappa shape index (κ3) is 1.94. The lowest BCUT2D eigenvalue weighted by Gasteiger charge is -2.04. The molecule has 3 nitrogen and oxygen atoms in total. The molecule has 0 atom stereocenters. The van der Waals surface area contributed by atoms with Gasteiger partial charge in [-0.25, -0.2) is 4.79 Å². The third-order valence-corrected chi connectivity index (χ3v) is 4.35. The predicted molar refractivity (Wildman–Crippen MR) is 66.5 cm³/mol. The van der Waals surface area contributed by atoms with E-state index in [1.165, 1.54) is 36.8 Å². The molecule has 88 valence electrons. The van der Waals surface area contributed by atoms with Crippen LogP contribution in [0.25, 0.3) is 0 Å². The molecule has 0 unspecified atom stereocenters. The molecule has 2 rings (SSSR count). The quantitative estimate of drug-likeness (QED) is 0.637. The maximum Gasteiger partial charge on any atom is 0.341 e. The van der Waals surface area contributed by atoms with Crippen molar-refractivity contribution in [2.75, 3.05) is 19.5 Å². The van der Waals surface area contributed by atoms with Crippen LogP contribution in [0.4, 0.5) is 5.00 Å². The second-order valence-corrected chi connectivity index (χ2v) is 5.12. The van der Waals surface area contributed by atoms with Crippen LogP contribution in [0, 0.1) is 0 Å². The molecule has 0 aromatic carbocycles. The Morgan fingerprint density at radius 1 is 1.31 bits per heavy atom. The lowest BCUT2D eigenvalue weighted by molar-refractivity contribution is 0.0601. The molecule has 1 aliphatic carbocycles. The van der Waals surface area contributed by atoms with Crippen LogP contribution in [0.2, 0.25) is 0 Å². The van der Waals surface area contributed by atoms with E-state index in [1.807, 2.05) is 7.05 Å². The highest BCUT2D eigenvalue weighted by Gasteiger charge is 2.24. The molecule has 0 saturated heterocycles. The zero-order valence-corrected chi connectivity index (χ0v) is 10.6. The Kier molecular flexibility index (Phi) is 3.49. The van der Waals surface area contributed by atoms with Crippen LogP contribution in [0.15, 0.2) is 0 Å². The van der Waals surface area contributed by atoms with Gasteiger partial charge in [-0.15, -0.1) is 11.3 Å². The first-order valence-electron chi connectivity index (χ1n) is 5.68. The third-order valence-electron chi connectivity index (χ3n) is 3.04. The fourth-order valence-corrected chi connectivity index (χ4v) is 3.47. The van der Waals surface area contributed by atoms with Crippen molar-refractivity contribution < 1.29 is 9.53 Å². The summed E-state index contributed by atoms with van der Waals surface area (Å²) >= 11 is 1.71. The van der Waals surface area contributed by atoms with E-state index in [2.05, 4.69) is 5.32 Å². The van der Waals surface area contributed by atoms with Gasteiger partial charge in [0, 0.05) is 11.9 Å². The van der Waals surface area contributed by atoms with E-state index < -0.39 is 0 Å². The molecule has 0 radical (unpaired) electrons. The van der Waals surface area contributed by atoms with Crippen LogP contribution >= 0.6 is 11.3 Å². The van der Waals surface area contributed by atoms with Crippen molar-refractivity contribution in [1.82, 2.24) is 0 Å². The van der Waals surface area contributed by atoms with Crippen molar-refractivity contribution in [1.29, 1.82) is 0 Å². The van der Waals surface area contributed by atoms with Crippen molar-refractivity contribution in [3.05, 3.63) is 16.0 Å². The summed E-state index contributed by atoms with van der Waals surface area (Å²) in [7, 11) is 3.31. The largest absolute Gasteiger partial charge is 0.465 e. The van der Waals surface area contributed by atoms with Gasteiger partial charge in [-0.2, -0.15) is 0 Å². The minimum Gasteiger partial charge on any atom is -0.465 e. The van der Waals surface area contributed by atoms with E-state index in [0.29, 0.717) is 0 Å². The number of ether oxygens (including phenoxy) is 1. The number of thiophene rings is 1. The summed E-state index contributed by atoms with van der Waals surface area (Å²) in [5.41, 5.74) is 1.99. The molecule has 0 fully saturated rings. The van der Waals surface area contributed by atoms with Crippen LogP contribution in [-0.4, -0.2) is 20.1 Å². The summed E-state index contributed by atoms with van der Waals surface area (Å²) in [5.74, 6) is -0.205. The molecule has 4 heteroatoms. The number of carbonyl (C=O) groups is 1. The Balaban J connectivity index is 2.47. The number of nitrogens with one attached hydrogen (secondary N) is 1. The minimum absolute atomic E-state index is 0.205. The highest BCUT2D eigenvalue weighted by molar-refractivity contribution is 7.16. The van der Waals surface area contributed by atoms with Crippen LogP contribution in [0.3, 0.4) is 0 Å². The number of esters is 1. The monoisotopic (exact) mass is 239 g/mol. The topological polar surface area (TPSA) is 38.3 Å². The van der Waals surface area contributed by atoms with Crippen LogP contribution in [0.5, 0.6) is 0 Å². The van der Waals surface area contributed by atoms with Crippen LogP contribution in [0.1, 0.15) is 40.1 Å². The van der Waals surface area contributed by atoms with Gasteiger partial charge in [0.1, 0.15) is 5.00 Å². The van der Waals surface area contributed by atoms with Gasteiger partial charge in [0.05, 0.1) is 12.7 Å². The fraction of sp³-hybridized carbons (Fsp3) is 0.583. The number of anilines is 1. The van der Waals surface area contributed by atoms with Crippen molar-refractivity contribution >= 4 is 22.3 Å². The molecule has 1 aliphatic rings. The molecular weight excluding hydrogens is 222 g/mol. The van der Waals surface area contributed by atoms with Crippen molar-refractivity contribution in [2.24, 2.45) is 0 Å². The second kappa shape index (κ2) is 4.87. The highest BCUT2D eigenvalue weighted by Crippen LogP contribution is 2.37. The Hall–Kier alpha value is -1.03. The molecule has 0 saturated carbocycles. The van der Waals surface area contributed by atoms with E-state index in [0.717, 1.165) is 23.4 Å². The van der Waals surface area contributed by atoms with Gasteiger partial charge < -0.3 is 10.1 Å². The molecule has 0 amide bonds. The second-order valence-electron chi connectivity index (χ2n) is 4.01. The number of methoxy groups -OCH3 is 1. The first kappa shape index (κ1) is 11.5. The van der Waals surface area contributed by atoms with E-state index in [-0.39, 0.29) is 5.97 Å². The average molecular weight is 239 g/mol.